The van der Waals surface area contributed by atoms with Crippen molar-refractivity contribution < 1.29 is 13.2 Å². The lowest BCUT2D eigenvalue weighted by Crippen LogP contribution is -2.29. The van der Waals surface area contributed by atoms with Crippen molar-refractivity contribution in [2.45, 2.75) is 30.8 Å². The van der Waals surface area contributed by atoms with Gasteiger partial charge in [0.2, 0.25) is 0 Å². The van der Waals surface area contributed by atoms with Crippen LogP contribution in [0.4, 0.5) is 5.13 Å². The van der Waals surface area contributed by atoms with E-state index in [1.807, 2.05) is 26.0 Å². The van der Waals surface area contributed by atoms with E-state index in [0.29, 0.717) is 10.6 Å². The van der Waals surface area contributed by atoms with Crippen LogP contribution in [-0.2, 0) is 22.1 Å². The van der Waals surface area contributed by atoms with Crippen LogP contribution >= 0.6 is 22.9 Å². The van der Waals surface area contributed by atoms with Crippen LogP contribution in [0.15, 0.2) is 58.9 Å². The van der Waals surface area contributed by atoms with Gasteiger partial charge >= 0.3 is 0 Å². The SMILES string of the molecule is CC(C)(N)c1cc(CNC(=O)c2ccc(S(=O)(=O)Nc3nccs3)cc2)ccc1Cl. The molecular formula is C20H21ClN4O3S2. The largest absolute Gasteiger partial charge is 0.348 e. The second-order valence-electron chi connectivity index (χ2n) is 7.19. The molecule has 0 saturated heterocycles. The molecule has 0 bridgehead atoms. The average Bonchev–Trinajstić information content (AvgIpc) is 3.18. The Morgan fingerprint density at radius 3 is 2.50 bits per heavy atom. The first kappa shape index (κ1) is 22.2. The number of amides is 1. The summed E-state index contributed by atoms with van der Waals surface area (Å²) in [5.74, 6) is -0.324. The predicted molar refractivity (Wildman–Crippen MR) is 119 cm³/mol. The molecule has 0 spiro atoms. The third-order valence-electron chi connectivity index (χ3n) is 4.26. The van der Waals surface area contributed by atoms with Gasteiger partial charge in [0.1, 0.15) is 0 Å². The summed E-state index contributed by atoms with van der Waals surface area (Å²) in [5.41, 5.74) is 7.52. The molecule has 1 heterocycles. The van der Waals surface area contributed by atoms with Crippen molar-refractivity contribution in [2.24, 2.45) is 5.73 Å². The van der Waals surface area contributed by atoms with Crippen LogP contribution < -0.4 is 15.8 Å². The van der Waals surface area contributed by atoms with Gasteiger partial charge in [0.15, 0.2) is 5.13 Å². The van der Waals surface area contributed by atoms with Crippen LogP contribution in [0, 0.1) is 0 Å². The van der Waals surface area contributed by atoms with Crippen LogP contribution in [-0.4, -0.2) is 19.3 Å². The third-order valence-corrected chi connectivity index (χ3v) is 6.76. The highest BCUT2D eigenvalue weighted by atomic mass is 35.5. The molecule has 0 radical (unpaired) electrons. The summed E-state index contributed by atoms with van der Waals surface area (Å²) in [6.45, 7) is 4.00. The zero-order valence-electron chi connectivity index (χ0n) is 16.3. The van der Waals surface area contributed by atoms with Gasteiger partial charge in [0, 0.05) is 34.2 Å². The van der Waals surface area contributed by atoms with Gasteiger partial charge < -0.3 is 11.1 Å². The number of thiazole rings is 1. The number of benzene rings is 2. The molecule has 30 heavy (non-hydrogen) atoms. The number of anilines is 1. The van der Waals surface area contributed by atoms with Crippen molar-refractivity contribution >= 4 is 44.0 Å². The second-order valence-corrected chi connectivity index (χ2v) is 10.2. The van der Waals surface area contributed by atoms with Crippen molar-refractivity contribution in [1.82, 2.24) is 10.3 Å². The molecular weight excluding hydrogens is 444 g/mol. The quantitative estimate of drug-likeness (QED) is 0.493. The number of nitrogens with one attached hydrogen (secondary N) is 2. The van der Waals surface area contributed by atoms with E-state index in [1.54, 1.807) is 11.4 Å². The number of nitrogens with two attached hydrogens (primary N) is 1. The first-order chi connectivity index (χ1) is 14.1. The molecule has 0 aliphatic rings. The minimum absolute atomic E-state index is 0.0433. The molecule has 2 aromatic carbocycles. The topological polar surface area (TPSA) is 114 Å². The van der Waals surface area contributed by atoms with E-state index in [9.17, 15) is 13.2 Å². The molecule has 7 nitrogen and oxygen atoms in total. The Hall–Kier alpha value is -2.46. The number of rotatable bonds is 7. The lowest BCUT2D eigenvalue weighted by Gasteiger charge is -2.21. The van der Waals surface area contributed by atoms with Crippen LogP contribution in [0.25, 0.3) is 0 Å². The van der Waals surface area contributed by atoms with E-state index in [2.05, 4.69) is 15.0 Å². The van der Waals surface area contributed by atoms with E-state index in [1.165, 1.54) is 41.8 Å². The number of carbonyl (C=O) groups excluding carboxylic acids is 1. The monoisotopic (exact) mass is 464 g/mol. The number of nitrogens with zero attached hydrogens (tertiary/aromatic N) is 1. The molecule has 10 heteroatoms. The highest BCUT2D eigenvalue weighted by molar-refractivity contribution is 7.93. The molecule has 1 amide bonds. The van der Waals surface area contributed by atoms with Crippen molar-refractivity contribution in [3.63, 3.8) is 0 Å². The van der Waals surface area contributed by atoms with Gasteiger partial charge in [-0.25, -0.2) is 13.4 Å². The molecule has 4 N–H and O–H groups in total. The first-order valence-corrected chi connectivity index (χ1v) is 11.7. The summed E-state index contributed by atoms with van der Waals surface area (Å²) in [6.07, 6.45) is 1.51. The standard InChI is InChI=1S/C20H21ClN4O3S2/c1-20(2,22)16-11-13(3-8-17(16)21)12-24-18(26)14-4-6-15(7-5-14)30(27,28)25-19-23-9-10-29-19/h3-11H,12,22H2,1-2H3,(H,23,25)(H,24,26). The number of sulfonamides is 1. The fourth-order valence-corrected chi connectivity index (χ4v) is 4.84. The van der Waals surface area contributed by atoms with E-state index in [-0.39, 0.29) is 22.5 Å². The van der Waals surface area contributed by atoms with Crippen molar-refractivity contribution in [1.29, 1.82) is 0 Å². The maximum Gasteiger partial charge on any atom is 0.263 e. The highest BCUT2D eigenvalue weighted by Gasteiger charge is 2.19. The lowest BCUT2D eigenvalue weighted by molar-refractivity contribution is 0.0951. The number of hydrogen-bond donors (Lipinski definition) is 3. The molecule has 3 rings (SSSR count). The lowest BCUT2D eigenvalue weighted by atomic mass is 9.94. The molecule has 0 fully saturated rings. The summed E-state index contributed by atoms with van der Waals surface area (Å²) < 4.78 is 27.1. The van der Waals surface area contributed by atoms with E-state index < -0.39 is 15.6 Å². The molecule has 1 aromatic heterocycles. The van der Waals surface area contributed by atoms with Gasteiger partial charge in [-0.15, -0.1) is 11.3 Å². The Morgan fingerprint density at radius 2 is 1.90 bits per heavy atom. The molecule has 0 aliphatic carbocycles. The maximum absolute atomic E-state index is 12.4. The van der Waals surface area contributed by atoms with E-state index in [4.69, 9.17) is 17.3 Å². The van der Waals surface area contributed by atoms with E-state index >= 15 is 0 Å². The summed E-state index contributed by atoms with van der Waals surface area (Å²) >= 11 is 7.39. The molecule has 3 aromatic rings. The summed E-state index contributed by atoms with van der Waals surface area (Å²) in [7, 11) is -3.76. The Labute approximate surface area is 184 Å². The Morgan fingerprint density at radius 1 is 1.20 bits per heavy atom. The minimum Gasteiger partial charge on any atom is -0.348 e. The van der Waals surface area contributed by atoms with Gasteiger partial charge in [-0.1, -0.05) is 23.7 Å². The van der Waals surface area contributed by atoms with E-state index in [0.717, 1.165) is 11.1 Å². The van der Waals surface area contributed by atoms with Crippen LogP contribution in [0.5, 0.6) is 0 Å². The smallest absolute Gasteiger partial charge is 0.263 e. The predicted octanol–water partition coefficient (Wildman–Crippen LogP) is 3.72. The van der Waals surface area contributed by atoms with Gasteiger partial charge in [-0.3, -0.25) is 9.52 Å². The van der Waals surface area contributed by atoms with Gasteiger partial charge in [-0.2, -0.15) is 0 Å². The highest BCUT2D eigenvalue weighted by Crippen LogP contribution is 2.27. The van der Waals surface area contributed by atoms with Gasteiger partial charge in [0.25, 0.3) is 15.9 Å². The zero-order valence-corrected chi connectivity index (χ0v) is 18.7. The van der Waals surface area contributed by atoms with Crippen molar-refractivity contribution in [3.8, 4) is 0 Å². The number of carbonyl (C=O) groups is 1. The fourth-order valence-electron chi connectivity index (χ4n) is 2.69. The molecule has 0 aliphatic heterocycles. The Bertz CT molecular complexity index is 1140. The number of halogens is 1. The minimum atomic E-state index is -3.76. The van der Waals surface area contributed by atoms with Crippen molar-refractivity contribution in [3.05, 3.63) is 75.8 Å². The Balaban J connectivity index is 1.67. The number of hydrogen-bond acceptors (Lipinski definition) is 6. The van der Waals surface area contributed by atoms with Crippen molar-refractivity contribution in [2.75, 3.05) is 4.72 Å². The van der Waals surface area contributed by atoms with Crippen LogP contribution in [0.3, 0.4) is 0 Å². The zero-order chi connectivity index (χ0) is 21.9. The maximum atomic E-state index is 12.4. The fraction of sp³-hybridized carbons (Fsp3) is 0.200. The van der Waals surface area contributed by atoms with Gasteiger partial charge in [0.05, 0.1) is 4.90 Å². The average molecular weight is 465 g/mol. The summed E-state index contributed by atoms with van der Waals surface area (Å²) in [6, 6.07) is 11.1. The molecule has 0 saturated carbocycles. The van der Waals surface area contributed by atoms with Crippen LogP contribution in [0.2, 0.25) is 5.02 Å². The van der Waals surface area contributed by atoms with Crippen LogP contribution in [0.1, 0.15) is 35.3 Å². The molecule has 0 atom stereocenters. The normalized spacial score (nSPS) is 11.9. The summed E-state index contributed by atoms with van der Waals surface area (Å²) in [4.78, 5) is 16.4. The third kappa shape index (κ3) is 5.37. The summed E-state index contributed by atoms with van der Waals surface area (Å²) in [5, 5.41) is 5.33. The first-order valence-electron chi connectivity index (χ1n) is 8.94. The van der Waals surface area contributed by atoms with Gasteiger partial charge in [-0.05, 0) is 55.3 Å². The second kappa shape index (κ2) is 8.73. The number of aromatic nitrogens is 1. The Kier molecular flexibility index (Phi) is 6.47. The molecule has 0 unspecified atom stereocenters. The molecule has 158 valence electrons.